The van der Waals surface area contributed by atoms with E-state index in [-0.39, 0.29) is 17.4 Å². The molecule has 0 bridgehead atoms. The monoisotopic (exact) mass is 256 g/mol. The molecule has 1 amide bonds. The van der Waals surface area contributed by atoms with E-state index in [1.54, 1.807) is 0 Å². The molecule has 0 aromatic carbocycles. The molecule has 0 radical (unpaired) electrons. The highest BCUT2D eigenvalue weighted by molar-refractivity contribution is 5.83. The molecule has 0 saturated carbocycles. The first-order valence-corrected chi connectivity index (χ1v) is 7.57. The normalized spacial score (nSPS) is 13.4. The van der Waals surface area contributed by atoms with Crippen LogP contribution in [-0.4, -0.2) is 18.5 Å². The third-order valence-corrected chi connectivity index (χ3v) is 3.70. The van der Waals surface area contributed by atoms with Gasteiger partial charge < -0.3 is 11.1 Å². The van der Waals surface area contributed by atoms with Crippen LogP contribution in [0.5, 0.6) is 0 Å². The van der Waals surface area contributed by atoms with Gasteiger partial charge in [-0.05, 0) is 26.2 Å². The van der Waals surface area contributed by atoms with Crippen molar-refractivity contribution in [3.63, 3.8) is 0 Å². The summed E-state index contributed by atoms with van der Waals surface area (Å²) in [4.78, 5) is 12.5. The number of rotatable bonds is 10. The number of amides is 1. The van der Waals surface area contributed by atoms with Crippen molar-refractivity contribution in [3.8, 4) is 0 Å². The zero-order chi connectivity index (χ0) is 14.0. The van der Waals surface area contributed by atoms with Crippen molar-refractivity contribution in [2.45, 2.75) is 78.7 Å². The Bertz CT molecular complexity index is 223. The van der Waals surface area contributed by atoms with Crippen molar-refractivity contribution in [2.75, 3.05) is 6.54 Å². The van der Waals surface area contributed by atoms with Crippen LogP contribution in [0.15, 0.2) is 0 Å². The van der Waals surface area contributed by atoms with Crippen LogP contribution < -0.4 is 11.1 Å². The molecule has 0 saturated heterocycles. The molecule has 108 valence electrons. The van der Waals surface area contributed by atoms with Gasteiger partial charge >= 0.3 is 0 Å². The first-order chi connectivity index (χ1) is 8.56. The van der Waals surface area contributed by atoms with Crippen LogP contribution in [0.25, 0.3) is 0 Å². The predicted molar refractivity (Wildman–Crippen MR) is 78.4 cm³/mol. The Morgan fingerprint density at radius 2 is 1.72 bits per heavy atom. The molecule has 1 atom stereocenters. The summed E-state index contributed by atoms with van der Waals surface area (Å²) in [5.74, 6) is 0.164. The van der Waals surface area contributed by atoms with E-state index in [1.165, 1.54) is 12.8 Å². The van der Waals surface area contributed by atoms with Gasteiger partial charge in [0.15, 0.2) is 0 Å². The summed E-state index contributed by atoms with van der Waals surface area (Å²) in [6, 6.07) is 0.261. The standard InChI is InChI=1S/C15H32N2O/c1-5-8-9-13(4)17-14(18)15(12-16,10-6-2)11-7-3/h13H,5-12,16H2,1-4H3,(H,17,18). The molecule has 0 aliphatic heterocycles. The number of nitrogens with one attached hydrogen (secondary N) is 1. The van der Waals surface area contributed by atoms with Gasteiger partial charge in [-0.15, -0.1) is 0 Å². The number of hydrogen-bond donors (Lipinski definition) is 2. The van der Waals surface area contributed by atoms with Gasteiger partial charge in [0, 0.05) is 12.6 Å². The molecule has 3 heteroatoms. The Morgan fingerprint density at radius 3 is 2.11 bits per heavy atom. The molecular weight excluding hydrogens is 224 g/mol. The lowest BCUT2D eigenvalue weighted by molar-refractivity contribution is -0.132. The van der Waals surface area contributed by atoms with Crippen LogP contribution in [0.2, 0.25) is 0 Å². The van der Waals surface area contributed by atoms with Gasteiger partial charge in [0.2, 0.25) is 5.91 Å². The summed E-state index contributed by atoms with van der Waals surface area (Å²) in [5, 5.41) is 3.16. The first kappa shape index (κ1) is 17.4. The van der Waals surface area contributed by atoms with Gasteiger partial charge in [-0.1, -0.05) is 46.5 Å². The molecule has 0 fully saturated rings. The Labute approximate surface area is 113 Å². The highest BCUT2D eigenvalue weighted by Crippen LogP contribution is 2.29. The van der Waals surface area contributed by atoms with E-state index < -0.39 is 0 Å². The third kappa shape index (κ3) is 5.38. The highest BCUT2D eigenvalue weighted by atomic mass is 16.2. The summed E-state index contributed by atoms with van der Waals surface area (Å²) in [6.45, 7) is 8.96. The molecule has 0 spiro atoms. The second-order valence-corrected chi connectivity index (χ2v) is 5.50. The summed E-state index contributed by atoms with van der Waals surface area (Å²) in [7, 11) is 0. The smallest absolute Gasteiger partial charge is 0.227 e. The topological polar surface area (TPSA) is 55.1 Å². The molecule has 18 heavy (non-hydrogen) atoms. The highest BCUT2D eigenvalue weighted by Gasteiger charge is 2.35. The van der Waals surface area contributed by atoms with Crippen molar-refractivity contribution < 1.29 is 4.79 Å². The molecule has 0 rings (SSSR count). The number of carbonyl (C=O) groups is 1. The minimum atomic E-state index is -0.343. The third-order valence-electron chi connectivity index (χ3n) is 3.70. The second-order valence-electron chi connectivity index (χ2n) is 5.50. The fourth-order valence-corrected chi connectivity index (χ4v) is 2.57. The molecule has 0 aromatic rings. The molecule has 0 heterocycles. The fourth-order valence-electron chi connectivity index (χ4n) is 2.57. The zero-order valence-corrected chi connectivity index (χ0v) is 12.7. The van der Waals surface area contributed by atoms with E-state index in [9.17, 15) is 4.79 Å². The second kappa shape index (κ2) is 9.37. The van der Waals surface area contributed by atoms with Gasteiger partial charge in [-0.2, -0.15) is 0 Å². The predicted octanol–water partition coefficient (Wildman–Crippen LogP) is 3.23. The van der Waals surface area contributed by atoms with Gasteiger partial charge in [0.05, 0.1) is 5.41 Å². The van der Waals surface area contributed by atoms with Crippen LogP contribution in [0, 0.1) is 5.41 Å². The molecule has 0 aliphatic rings. The van der Waals surface area contributed by atoms with Crippen molar-refractivity contribution in [1.82, 2.24) is 5.32 Å². The summed E-state index contributed by atoms with van der Waals surface area (Å²) in [5.41, 5.74) is 5.55. The molecule has 3 nitrogen and oxygen atoms in total. The van der Waals surface area contributed by atoms with Gasteiger partial charge in [0.1, 0.15) is 0 Å². The van der Waals surface area contributed by atoms with Crippen LogP contribution in [0.4, 0.5) is 0 Å². The maximum atomic E-state index is 12.5. The molecular formula is C15H32N2O. The molecule has 0 aliphatic carbocycles. The lowest BCUT2D eigenvalue weighted by atomic mass is 9.78. The average molecular weight is 256 g/mol. The van der Waals surface area contributed by atoms with E-state index in [0.29, 0.717) is 6.54 Å². The summed E-state index contributed by atoms with van der Waals surface area (Å²) in [6.07, 6.45) is 7.20. The minimum Gasteiger partial charge on any atom is -0.353 e. The molecule has 0 aromatic heterocycles. The van der Waals surface area contributed by atoms with Crippen molar-refractivity contribution in [2.24, 2.45) is 11.1 Å². The van der Waals surface area contributed by atoms with Crippen LogP contribution in [0.3, 0.4) is 0 Å². The van der Waals surface area contributed by atoms with Crippen LogP contribution in [0.1, 0.15) is 72.6 Å². The fraction of sp³-hybridized carbons (Fsp3) is 0.933. The Kier molecular flexibility index (Phi) is 9.08. The lowest BCUT2D eigenvalue weighted by Gasteiger charge is -2.32. The maximum Gasteiger partial charge on any atom is 0.227 e. The van der Waals surface area contributed by atoms with Crippen LogP contribution >= 0.6 is 0 Å². The molecule has 3 N–H and O–H groups in total. The molecule has 1 unspecified atom stereocenters. The average Bonchev–Trinajstić information content (AvgIpc) is 2.35. The van der Waals surface area contributed by atoms with E-state index in [0.717, 1.165) is 32.1 Å². The Hall–Kier alpha value is -0.570. The first-order valence-electron chi connectivity index (χ1n) is 7.57. The minimum absolute atomic E-state index is 0.164. The maximum absolute atomic E-state index is 12.5. The quantitative estimate of drug-likeness (QED) is 0.630. The van der Waals surface area contributed by atoms with E-state index in [4.69, 9.17) is 5.73 Å². The van der Waals surface area contributed by atoms with Gasteiger partial charge in [-0.25, -0.2) is 0 Å². The van der Waals surface area contributed by atoms with E-state index in [2.05, 4.69) is 33.0 Å². The SMILES string of the molecule is CCCCC(C)NC(=O)C(CN)(CCC)CCC. The van der Waals surface area contributed by atoms with Crippen LogP contribution in [-0.2, 0) is 4.79 Å². The lowest BCUT2D eigenvalue weighted by Crippen LogP contribution is -2.48. The van der Waals surface area contributed by atoms with Gasteiger partial charge in [-0.3, -0.25) is 4.79 Å². The number of hydrogen-bond acceptors (Lipinski definition) is 2. The largest absolute Gasteiger partial charge is 0.353 e. The number of nitrogens with two attached hydrogens (primary N) is 1. The van der Waals surface area contributed by atoms with Crippen molar-refractivity contribution >= 4 is 5.91 Å². The zero-order valence-electron chi connectivity index (χ0n) is 12.7. The Balaban J connectivity index is 4.53. The van der Waals surface area contributed by atoms with Crippen molar-refractivity contribution in [1.29, 1.82) is 0 Å². The summed E-state index contributed by atoms with van der Waals surface area (Å²) >= 11 is 0. The Morgan fingerprint density at radius 1 is 1.17 bits per heavy atom. The van der Waals surface area contributed by atoms with E-state index >= 15 is 0 Å². The number of unbranched alkanes of at least 4 members (excludes halogenated alkanes) is 1. The number of carbonyl (C=O) groups excluding carboxylic acids is 1. The van der Waals surface area contributed by atoms with E-state index in [1.807, 2.05) is 0 Å². The van der Waals surface area contributed by atoms with Gasteiger partial charge in [0.25, 0.3) is 0 Å². The van der Waals surface area contributed by atoms with Crippen molar-refractivity contribution in [3.05, 3.63) is 0 Å². The summed E-state index contributed by atoms with van der Waals surface area (Å²) < 4.78 is 0.